The topological polar surface area (TPSA) is 32.3 Å². The van der Waals surface area contributed by atoms with Gasteiger partial charge >= 0.3 is 0 Å². The van der Waals surface area contributed by atoms with Crippen LogP contribution in [0.5, 0.6) is 5.75 Å². The number of thioether (sulfide) groups is 1. The van der Waals surface area contributed by atoms with Gasteiger partial charge in [-0.3, -0.25) is 0 Å². The average molecular weight is 313 g/mol. The fraction of sp³-hybridized carbons (Fsp3) is 0.200. The summed E-state index contributed by atoms with van der Waals surface area (Å²) in [5.74, 6) is -3.08. The van der Waals surface area contributed by atoms with Crippen molar-refractivity contribution in [1.82, 2.24) is 0 Å². The quantitative estimate of drug-likeness (QED) is 0.760. The zero-order valence-electron chi connectivity index (χ0n) is 11.2. The number of rotatable bonds is 5. The van der Waals surface area contributed by atoms with E-state index in [9.17, 15) is 18.3 Å². The Labute approximate surface area is 125 Å². The van der Waals surface area contributed by atoms with Crippen molar-refractivity contribution in [2.45, 2.75) is 23.6 Å². The van der Waals surface area contributed by atoms with Gasteiger partial charge < -0.3 is 10.4 Å². The minimum absolute atomic E-state index is 0.128. The maximum absolute atomic E-state index is 13.7. The molecule has 0 aliphatic rings. The Bertz CT molecular complexity index is 604. The Kier molecular flexibility index (Phi) is 5.01. The van der Waals surface area contributed by atoms with E-state index in [1.54, 1.807) is 31.2 Å². The van der Waals surface area contributed by atoms with Crippen molar-refractivity contribution in [2.24, 2.45) is 0 Å². The fourth-order valence-electron chi connectivity index (χ4n) is 1.93. The smallest absolute Gasteiger partial charge is 0.288 e. The minimum Gasteiger partial charge on any atom is -0.508 e. The summed E-state index contributed by atoms with van der Waals surface area (Å²) in [4.78, 5) is 0.471. The molecule has 0 heterocycles. The average Bonchev–Trinajstić information content (AvgIpc) is 2.40. The molecule has 0 spiro atoms. The molecule has 6 heteroatoms. The van der Waals surface area contributed by atoms with Gasteiger partial charge in [0.25, 0.3) is 5.76 Å². The predicted octanol–water partition coefficient (Wildman–Crippen LogP) is 5.02. The van der Waals surface area contributed by atoms with Crippen LogP contribution in [0.1, 0.15) is 18.5 Å². The normalized spacial score (nSPS) is 12.4. The highest BCUT2D eigenvalue weighted by molar-refractivity contribution is 7.99. The first-order valence-corrected chi connectivity index (χ1v) is 7.13. The summed E-state index contributed by atoms with van der Waals surface area (Å²) in [6.07, 6.45) is 0. The van der Waals surface area contributed by atoms with Crippen molar-refractivity contribution in [3.05, 3.63) is 53.8 Å². The lowest BCUT2D eigenvalue weighted by Crippen LogP contribution is -2.08. The Balaban J connectivity index is 2.06. The van der Waals surface area contributed by atoms with Gasteiger partial charge in [0, 0.05) is 22.2 Å². The van der Waals surface area contributed by atoms with Gasteiger partial charge in [-0.2, -0.15) is 8.78 Å². The third-order valence-electron chi connectivity index (χ3n) is 2.91. The molecule has 0 aromatic heterocycles. The molecule has 0 bridgehead atoms. The van der Waals surface area contributed by atoms with Crippen LogP contribution in [0, 0.1) is 5.82 Å². The molecule has 2 rings (SSSR count). The highest BCUT2D eigenvalue weighted by Crippen LogP contribution is 2.28. The molecule has 2 nitrogen and oxygen atoms in total. The lowest BCUT2D eigenvalue weighted by atomic mass is 10.1. The van der Waals surface area contributed by atoms with Crippen molar-refractivity contribution in [2.75, 3.05) is 5.32 Å². The molecule has 0 aliphatic carbocycles. The number of anilines is 1. The lowest BCUT2D eigenvalue weighted by Gasteiger charge is -2.16. The Morgan fingerprint density at radius 3 is 2.33 bits per heavy atom. The first-order chi connectivity index (χ1) is 9.95. The van der Waals surface area contributed by atoms with Crippen molar-refractivity contribution >= 4 is 17.4 Å². The molecule has 0 radical (unpaired) electrons. The summed E-state index contributed by atoms with van der Waals surface area (Å²) in [5.41, 5.74) is 1.12. The summed E-state index contributed by atoms with van der Waals surface area (Å²) >= 11 is 0.478. The van der Waals surface area contributed by atoms with Crippen LogP contribution in [0.3, 0.4) is 0 Å². The zero-order chi connectivity index (χ0) is 15.4. The Morgan fingerprint density at radius 1 is 1.10 bits per heavy atom. The number of hydrogen-bond acceptors (Lipinski definition) is 3. The molecular formula is C15H14F3NOS. The van der Waals surface area contributed by atoms with E-state index in [0.717, 1.165) is 6.07 Å². The van der Waals surface area contributed by atoms with E-state index in [2.05, 4.69) is 5.32 Å². The van der Waals surface area contributed by atoms with E-state index in [0.29, 0.717) is 27.9 Å². The van der Waals surface area contributed by atoms with Crippen LogP contribution in [0.15, 0.2) is 47.4 Å². The van der Waals surface area contributed by atoms with E-state index in [4.69, 9.17) is 0 Å². The molecule has 0 amide bonds. The molecule has 2 aromatic rings. The van der Waals surface area contributed by atoms with Crippen LogP contribution in [0.4, 0.5) is 18.9 Å². The number of benzene rings is 2. The van der Waals surface area contributed by atoms with Crippen LogP contribution >= 0.6 is 11.8 Å². The zero-order valence-corrected chi connectivity index (χ0v) is 12.0. The standard InChI is InChI=1S/C15H14F3NOS/c1-9(13-7-4-11(20)8-14(13)16)19-10-2-5-12(6-3-10)21-15(17)18/h2-9,15,19-20H,1H3. The van der Waals surface area contributed by atoms with Crippen LogP contribution in [0.25, 0.3) is 0 Å². The Morgan fingerprint density at radius 2 is 1.76 bits per heavy atom. The van der Waals surface area contributed by atoms with Crippen LogP contribution in [0.2, 0.25) is 0 Å². The second-order valence-electron chi connectivity index (χ2n) is 4.47. The van der Waals surface area contributed by atoms with E-state index in [1.807, 2.05) is 0 Å². The van der Waals surface area contributed by atoms with Gasteiger partial charge in [0.1, 0.15) is 11.6 Å². The number of nitrogens with one attached hydrogen (secondary N) is 1. The summed E-state index contributed by atoms with van der Waals surface area (Å²) in [7, 11) is 0. The molecule has 112 valence electrons. The SMILES string of the molecule is CC(Nc1ccc(SC(F)F)cc1)c1ccc(O)cc1F. The summed E-state index contributed by atoms with van der Waals surface area (Å²) in [5, 5.41) is 12.3. The predicted molar refractivity (Wildman–Crippen MR) is 78.4 cm³/mol. The van der Waals surface area contributed by atoms with E-state index < -0.39 is 11.6 Å². The first kappa shape index (κ1) is 15.6. The number of hydrogen-bond donors (Lipinski definition) is 2. The largest absolute Gasteiger partial charge is 0.508 e. The molecular weight excluding hydrogens is 299 g/mol. The second-order valence-corrected chi connectivity index (χ2v) is 5.54. The molecule has 1 unspecified atom stereocenters. The molecule has 21 heavy (non-hydrogen) atoms. The highest BCUT2D eigenvalue weighted by atomic mass is 32.2. The van der Waals surface area contributed by atoms with Gasteiger partial charge in [-0.05, 0) is 37.3 Å². The third-order valence-corrected chi connectivity index (χ3v) is 3.64. The molecule has 2 N–H and O–H groups in total. The van der Waals surface area contributed by atoms with Crippen LogP contribution in [-0.2, 0) is 0 Å². The van der Waals surface area contributed by atoms with Gasteiger partial charge in [-0.25, -0.2) is 4.39 Å². The van der Waals surface area contributed by atoms with E-state index in [-0.39, 0.29) is 11.8 Å². The monoisotopic (exact) mass is 313 g/mol. The molecule has 0 saturated heterocycles. The maximum Gasteiger partial charge on any atom is 0.288 e. The van der Waals surface area contributed by atoms with Gasteiger partial charge in [0.15, 0.2) is 0 Å². The third kappa shape index (κ3) is 4.32. The fourth-order valence-corrected chi connectivity index (χ4v) is 2.43. The first-order valence-electron chi connectivity index (χ1n) is 6.25. The van der Waals surface area contributed by atoms with Crippen molar-refractivity contribution in [1.29, 1.82) is 0 Å². The van der Waals surface area contributed by atoms with Crippen molar-refractivity contribution in [3.8, 4) is 5.75 Å². The van der Waals surface area contributed by atoms with Gasteiger partial charge in [0.2, 0.25) is 0 Å². The van der Waals surface area contributed by atoms with E-state index >= 15 is 0 Å². The van der Waals surface area contributed by atoms with Crippen LogP contribution in [-0.4, -0.2) is 10.9 Å². The lowest BCUT2D eigenvalue weighted by molar-refractivity contribution is 0.252. The molecule has 1 atom stereocenters. The molecule has 0 fully saturated rings. The molecule has 0 aliphatic heterocycles. The highest BCUT2D eigenvalue weighted by Gasteiger charge is 2.12. The minimum atomic E-state index is -2.45. The van der Waals surface area contributed by atoms with Crippen molar-refractivity contribution in [3.63, 3.8) is 0 Å². The second kappa shape index (κ2) is 6.76. The van der Waals surface area contributed by atoms with Gasteiger partial charge in [-0.15, -0.1) is 0 Å². The number of halogens is 3. The number of alkyl halides is 2. The molecule has 2 aromatic carbocycles. The summed E-state index contributed by atoms with van der Waals surface area (Å²) < 4.78 is 38.2. The number of phenols is 1. The summed E-state index contributed by atoms with van der Waals surface area (Å²) in [6.45, 7) is 1.78. The van der Waals surface area contributed by atoms with Gasteiger partial charge in [-0.1, -0.05) is 17.8 Å². The van der Waals surface area contributed by atoms with Crippen molar-refractivity contribution < 1.29 is 18.3 Å². The number of phenolic OH excluding ortho intramolecular Hbond substituents is 1. The molecule has 0 saturated carbocycles. The maximum atomic E-state index is 13.7. The summed E-state index contributed by atoms with van der Waals surface area (Å²) in [6, 6.07) is 10.1. The van der Waals surface area contributed by atoms with E-state index in [1.165, 1.54) is 12.1 Å². The Hall–Kier alpha value is -1.82. The number of aromatic hydroxyl groups is 1. The van der Waals surface area contributed by atoms with Gasteiger partial charge in [0.05, 0.1) is 6.04 Å². The van der Waals surface area contributed by atoms with Crippen LogP contribution < -0.4 is 5.32 Å².